The summed E-state index contributed by atoms with van der Waals surface area (Å²) in [6, 6.07) is 17.1. The second-order valence-corrected chi connectivity index (χ2v) is 7.10. The fourth-order valence-electron chi connectivity index (χ4n) is 3.58. The molecule has 0 radical (unpaired) electrons. The smallest absolute Gasteiger partial charge is 0.357 e. The fraction of sp³-hybridized carbons (Fsp3) is 0.227. The van der Waals surface area contributed by atoms with Gasteiger partial charge in [0.1, 0.15) is 0 Å². The Labute approximate surface area is 173 Å². The molecular weight excluding hydrogens is 382 g/mol. The molecule has 1 unspecified atom stereocenters. The maximum atomic E-state index is 12.9. The summed E-state index contributed by atoms with van der Waals surface area (Å²) in [5.74, 6) is -0.515. The molecule has 152 valence electrons. The number of aromatic nitrogens is 4. The molecule has 3 aromatic rings. The molecule has 1 aromatic heterocycles. The van der Waals surface area contributed by atoms with E-state index in [0.29, 0.717) is 5.82 Å². The van der Waals surface area contributed by atoms with Crippen molar-refractivity contribution >= 4 is 29.3 Å². The maximum Gasteiger partial charge on any atom is 0.357 e. The normalized spacial score (nSPS) is 15.7. The zero-order valence-corrected chi connectivity index (χ0v) is 16.7. The molecule has 0 saturated heterocycles. The van der Waals surface area contributed by atoms with Crippen molar-refractivity contribution in [3.63, 3.8) is 0 Å². The van der Waals surface area contributed by atoms with Crippen molar-refractivity contribution in [2.75, 3.05) is 11.5 Å². The van der Waals surface area contributed by atoms with Crippen LogP contribution in [0.5, 0.6) is 0 Å². The first-order valence-corrected chi connectivity index (χ1v) is 9.64. The highest BCUT2D eigenvalue weighted by Crippen LogP contribution is 2.31. The van der Waals surface area contributed by atoms with Gasteiger partial charge < -0.3 is 9.64 Å². The standard InChI is InChI=1S/C22H21N5O3/c1-15-12-18-10-6-7-11-19(18)26(15)21(28)14-30-22(29)20(27-16(2)23-24-25-27)13-17-8-4-3-5-9-17/h3-11,13,15H,12,14H2,1-2H3/b20-13-. The molecule has 2 aromatic carbocycles. The Morgan fingerprint density at radius 1 is 1.13 bits per heavy atom. The Kier molecular flexibility index (Phi) is 5.38. The predicted molar refractivity (Wildman–Crippen MR) is 111 cm³/mol. The molecule has 0 fully saturated rings. The van der Waals surface area contributed by atoms with Crippen LogP contribution in [0.1, 0.15) is 23.9 Å². The second kappa shape index (κ2) is 8.28. The van der Waals surface area contributed by atoms with E-state index in [9.17, 15) is 9.59 Å². The highest BCUT2D eigenvalue weighted by atomic mass is 16.5. The van der Waals surface area contributed by atoms with Gasteiger partial charge in [-0.25, -0.2) is 4.79 Å². The third-order valence-corrected chi connectivity index (χ3v) is 4.97. The predicted octanol–water partition coefficient (Wildman–Crippen LogP) is 2.50. The van der Waals surface area contributed by atoms with Crippen LogP contribution < -0.4 is 4.90 Å². The molecule has 1 atom stereocenters. The van der Waals surface area contributed by atoms with E-state index in [4.69, 9.17) is 4.74 Å². The summed E-state index contributed by atoms with van der Waals surface area (Å²) >= 11 is 0. The number of fused-ring (bicyclic) bond motifs is 1. The molecule has 0 bridgehead atoms. The number of para-hydroxylation sites is 1. The summed E-state index contributed by atoms with van der Waals surface area (Å²) < 4.78 is 6.68. The monoisotopic (exact) mass is 403 g/mol. The molecular formula is C22H21N5O3. The average Bonchev–Trinajstić information content (AvgIpc) is 3.32. The van der Waals surface area contributed by atoms with Gasteiger partial charge in [0.05, 0.1) is 0 Å². The molecule has 0 N–H and O–H groups in total. The summed E-state index contributed by atoms with van der Waals surface area (Å²) in [6.07, 6.45) is 2.41. The van der Waals surface area contributed by atoms with Gasteiger partial charge in [-0.3, -0.25) is 4.79 Å². The topological polar surface area (TPSA) is 90.2 Å². The zero-order valence-electron chi connectivity index (χ0n) is 16.7. The number of anilines is 1. The third-order valence-electron chi connectivity index (χ3n) is 4.97. The molecule has 1 aliphatic heterocycles. The first-order chi connectivity index (χ1) is 14.5. The van der Waals surface area contributed by atoms with Crippen LogP contribution in [-0.2, 0) is 20.7 Å². The van der Waals surface area contributed by atoms with Crippen molar-refractivity contribution in [2.24, 2.45) is 0 Å². The Morgan fingerprint density at radius 3 is 2.60 bits per heavy atom. The number of nitrogens with zero attached hydrogens (tertiary/aromatic N) is 5. The largest absolute Gasteiger partial charge is 0.451 e. The summed E-state index contributed by atoms with van der Waals surface area (Å²) in [5.41, 5.74) is 2.89. The lowest BCUT2D eigenvalue weighted by Crippen LogP contribution is -2.38. The number of benzene rings is 2. The van der Waals surface area contributed by atoms with E-state index < -0.39 is 5.97 Å². The SMILES string of the molecule is Cc1nnnn1/C(=C\c1ccccc1)C(=O)OCC(=O)N1c2ccccc2CC1C. The van der Waals surface area contributed by atoms with Crippen molar-refractivity contribution in [3.8, 4) is 0 Å². The number of carbonyl (C=O) groups is 2. The molecule has 8 nitrogen and oxygen atoms in total. The molecule has 1 aliphatic rings. The average molecular weight is 403 g/mol. The number of amides is 1. The van der Waals surface area contributed by atoms with Gasteiger partial charge in [-0.2, -0.15) is 4.68 Å². The molecule has 0 spiro atoms. The summed E-state index contributed by atoms with van der Waals surface area (Å²) in [7, 11) is 0. The van der Waals surface area contributed by atoms with Gasteiger partial charge >= 0.3 is 5.97 Å². The van der Waals surface area contributed by atoms with Gasteiger partial charge in [0.15, 0.2) is 18.1 Å². The Morgan fingerprint density at radius 2 is 1.87 bits per heavy atom. The van der Waals surface area contributed by atoms with Crippen LogP contribution in [0.3, 0.4) is 0 Å². The quantitative estimate of drug-likeness (QED) is 0.480. The molecule has 1 amide bonds. The Hall–Kier alpha value is -3.81. The van der Waals surface area contributed by atoms with Crippen LogP contribution in [0.4, 0.5) is 5.69 Å². The first kappa shape index (κ1) is 19.5. The summed E-state index contributed by atoms with van der Waals surface area (Å²) in [5, 5.41) is 11.3. The van der Waals surface area contributed by atoms with Crippen LogP contribution in [0.25, 0.3) is 11.8 Å². The second-order valence-electron chi connectivity index (χ2n) is 7.10. The van der Waals surface area contributed by atoms with Gasteiger partial charge in [0, 0.05) is 11.7 Å². The van der Waals surface area contributed by atoms with Crippen LogP contribution >= 0.6 is 0 Å². The number of rotatable bonds is 5. The third kappa shape index (κ3) is 3.84. The van der Waals surface area contributed by atoms with E-state index in [2.05, 4.69) is 15.5 Å². The zero-order chi connectivity index (χ0) is 21.1. The van der Waals surface area contributed by atoms with Gasteiger partial charge in [-0.05, 0) is 54.0 Å². The van der Waals surface area contributed by atoms with Gasteiger partial charge in [-0.15, -0.1) is 5.10 Å². The van der Waals surface area contributed by atoms with Crippen molar-refractivity contribution in [1.29, 1.82) is 0 Å². The number of carbonyl (C=O) groups excluding carboxylic acids is 2. The van der Waals surface area contributed by atoms with Crippen molar-refractivity contribution in [1.82, 2.24) is 20.2 Å². The number of esters is 1. The number of hydrogen-bond acceptors (Lipinski definition) is 6. The fourth-order valence-corrected chi connectivity index (χ4v) is 3.58. The van der Waals surface area contributed by atoms with Crippen LogP contribution in [-0.4, -0.2) is 44.7 Å². The lowest BCUT2D eigenvalue weighted by atomic mass is 10.1. The van der Waals surface area contributed by atoms with Crippen LogP contribution in [0.2, 0.25) is 0 Å². The number of tetrazole rings is 1. The van der Waals surface area contributed by atoms with Crippen molar-refractivity contribution in [2.45, 2.75) is 26.3 Å². The lowest BCUT2D eigenvalue weighted by molar-refractivity contribution is -0.142. The molecule has 2 heterocycles. The minimum Gasteiger partial charge on any atom is -0.451 e. The summed E-state index contributed by atoms with van der Waals surface area (Å²) in [4.78, 5) is 27.4. The molecule has 4 rings (SSSR count). The Balaban J connectivity index is 1.53. The number of aryl methyl sites for hydroxylation is 1. The molecule has 0 saturated carbocycles. The minimum atomic E-state index is -0.678. The molecule has 0 aliphatic carbocycles. The highest BCUT2D eigenvalue weighted by molar-refractivity contribution is 6.16. The van der Waals surface area contributed by atoms with Crippen molar-refractivity contribution < 1.29 is 14.3 Å². The van der Waals surface area contributed by atoms with Gasteiger partial charge in [-0.1, -0.05) is 48.5 Å². The molecule has 8 heteroatoms. The maximum absolute atomic E-state index is 12.9. The van der Waals surface area contributed by atoms with E-state index in [0.717, 1.165) is 23.2 Å². The lowest BCUT2D eigenvalue weighted by Gasteiger charge is -2.22. The van der Waals surface area contributed by atoms with E-state index in [1.165, 1.54) is 4.68 Å². The van der Waals surface area contributed by atoms with E-state index in [-0.39, 0.29) is 24.3 Å². The minimum absolute atomic E-state index is 0.00898. The van der Waals surface area contributed by atoms with Crippen LogP contribution in [0.15, 0.2) is 54.6 Å². The van der Waals surface area contributed by atoms with E-state index in [1.54, 1.807) is 17.9 Å². The van der Waals surface area contributed by atoms with Gasteiger partial charge in [0.2, 0.25) is 0 Å². The van der Waals surface area contributed by atoms with E-state index in [1.807, 2.05) is 61.5 Å². The first-order valence-electron chi connectivity index (χ1n) is 9.64. The van der Waals surface area contributed by atoms with Crippen molar-refractivity contribution in [3.05, 3.63) is 71.5 Å². The number of ether oxygens (including phenoxy) is 1. The van der Waals surface area contributed by atoms with E-state index >= 15 is 0 Å². The van der Waals surface area contributed by atoms with Gasteiger partial charge in [0.25, 0.3) is 5.91 Å². The summed E-state index contributed by atoms with van der Waals surface area (Å²) in [6.45, 7) is 3.29. The molecule has 30 heavy (non-hydrogen) atoms. The number of hydrogen-bond donors (Lipinski definition) is 0. The highest BCUT2D eigenvalue weighted by Gasteiger charge is 2.31. The van der Waals surface area contributed by atoms with Crippen LogP contribution in [0, 0.1) is 6.92 Å². The Bertz CT molecular complexity index is 1110.